The number of carbonyl (C=O) groups excluding carboxylic acids is 1. The first-order valence-corrected chi connectivity index (χ1v) is 3.84. The fraction of sp³-hybridized carbons (Fsp3) is 0.750. The largest absolute Gasteiger partial charge is 0.302 e. The molecule has 72 valence electrons. The molecule has 0 N–H and O–H groups in total. The van der Waals surface area contributed by atoms with Gasteiger partial charge >= 0.3 is 6.04 Å². The maximum atomic E-state index is 10.8. The lowest BCUT2D eigenvalue weighted by atomic mass is 9.81. The molecule has 0 aliphatic rings. The van der Waals surface area contributed by atoms with Crippen molar-refractivity contribution in [2.45, 2.75) is 33.2 Å². The number of hydrogen-bond acceptors (Lipinski definition) is 4. The third-order valence-corrected chi connectivity index (χ3v) is 1.78. The molecule has 0 aliphatic carbocycles. The van der Waals surface area contributed by atoms with E-state index in [-0.39, 0.29) is 12.2 Å². The Hall–Kier alpha value is -1.44. The van der Waals surface area contributed by atoms with Gasteiger partial charge in [0.15, 0.2) is 0 Å². The molecule has 0 amide bonds. The van der Waals surface area contributed by atoms with Crippen LogP contribution in [-0.2, 0) is 4.79 Å². The lowest BCUT2D eigenvalue weighted by molar-refractivity contribution is -0.524. The molecule has 0 rings (SSSR count). The normalized spacial score (nSPS) is 13.1. The smallest absolute Gasteiger partial charge is 0.300 e. The molecule has 5 heteroatoms. The maximum absolute atomic E-state index is 10.8. The third kappa shape index (κ3) is 3.20. The molecule has 0 aromatic carbocycles. The topological polar surface area (TPSA) is 84.0 Å². The van der Waals surface area contributed by atoms with Crippen molar-refractivity contribution in [2.75, 3.05) is 0 Å². The molecular formula is C8H12N2O3. The lowest BCUT2D eigenvalue weighted by Crippen LogP contribution is -2.36. The highest BCUT2D eigenvalue weighted by Crippen LogP contribution is 2.26. The summed E-state index contributed by atoms with van der Waals surface area (Å²) in [7, 11) is 0. The number of nitriles is 1. The number of rotatable bonds is 4. The monoisotopic (exact) mass is 184 g/mol. The Morgan fingerprint density at radius 3 is 2.38 bits per heavy atom. The summed E-state index contributed by atoms with van der Waals surface area (Å²) in [6.07, 6.45) is 0.0478. The zero-order valence-corrected chi connectivity index (χ0v) is 7.90. The van der Waals surface area contributed by atoms with E-state index in [9.17, 15) is 14.9 Å². The molecule has 0 saturated carbocycles. The zero-order valence-electron chi connectivity index (χ0n) is 7.90. The van der Waals surface area contributed by atoms with Crippen molar-refractivity contribution >= 4 is 5.78 Å². The summed E-state index contributed by atoms with van der Waals surface area (Å²) in [4.78, 5) is 20.6. The van der Waals surface area contributed by atoms with Crippen LogP contribution in [0.25, 0.3) is 0 Å². The predicted molar refractivity (Wildman–Crippen MR) is 45.5 cm³/mol. The van der Waals surface area contributed by atoms with E-state index in [4.69, 9.17) is 5.26 Å². The van der Waals surface area contributed by atoms with Crippen molar-refractivity contribution in [1.29, 1.82) is 5.26 Å². The molecule has 0 spiro atoms. The molecular weight excluding hydrogens is 172 g/mol. The van der Waals surface area contributed by atoms with E-state index in [1.807, 2.05) is 0 Å². The minimum atomic E-state index is -1.32. The van der Waals surface area contributed by atoms with Gasteiger partial charge in [-0.1, -0.05) is 13.8 Å². The second kappa shape index (κ2) is 3.99. The van der Waals surface area contributed by atoms with Gasteiger partial charge in [0.2, 0.25) is 0 Å². The van der Waals surface area contributed by atoms with E-state index >= 15 is 0 Å². The average Bonchev–Trinajstić information content (AvgIpc) is 1.82. The van der Waals surface area contributed by atoms with E-state index in [0.29, 0.717) is 0 Å². The van der Waals surface area contributed by atoms with Crippen LogP contribution in [0.2, 0.25) is 0 Å². The Bertz CT molecular complexity index is 265. The number of nitro groups is 1. The molecule has 0 saturated heterocycles. The molecule has 1 atom stereocenters. The number of hydrogen-bond donors (Lipinski definition) is 0. The Morgan fingerprint density at radius 2 is 2.15 bits per heavy atom. The summed E-state index contributed by atoms with van der Waals surface area (Å²) in [5, 5.41) is 19.0. The van der Waals surface area contributed by atoms with E-state index in [1.165, 1.54) is 6.92 Å². The van der Waals surface area contributed by atoms with Gasteiger partial charge in [-0.3, -0.25) is 10.1 Å². The van der Waals surface area contributed by atoms with Crippen molar-refractivity contribution in [1.82, 2.24) is 0 Å². The van der Waals surface area contributed by atoms with Gasteiger partial charge < -0.3 is 4.79 Å². The Labute approximate surface area is 76.5 Å². The van der Waals surface area contributed by atoms with E-state index < -0.39 is 16.4 Å². The van der Waals surface area contributed by atoms with Gasteiger partial charge in [-0.25, -0.2) is 0 Å². The van der Waals surface area contributed by atoms with Crippen LogP contribution < -0.4 is 0 Å². The van der Waals surface area contributed by atoms with Gasteiger partial charge in [-0.2, -0.15) is 5.26 Å². The summed E-state index contributed by atoms with van der Waals surface area (Å²) in [5.74, 6) is -0.146. The van der Waals surface area contributed by atoms with Crippen LogP contribution in [0.3, 0.4) is 0 Å². The van der Waals surface area contributed by atoms with Gasteiger partial charge in [-0.05, 0) is 6.92 Å². The van der Waals surface area contributed by atoms with E-state index in [0.717, 1.165) is 0 Å². The average molecular weight is 184 g/mol. The molecule has 0 bridgehead atoms. The molecule has 0 fully saturated rings. The van der Waals surface area contributed by atoms with Crippen LogP contribution in [0.5, 0.6) is 0 Å². The SMILES string of the molecule is CC(=O)CC(C)(C)C(C#N)[N+](=O)[O-]. The van der Waals surface area contributed by atoms with Crippen molar-refractivity contribution in [3.05, 3.63) is 10.1 Å². The highest BCUT2D eigenvalue weighted by atomic mass is 16.6. The first-order valence-electron chi connectivity index (χ1n) is 3.84. The number of ketones is 1. The van der Waals surface area contributed by atoms with Crippen molar-refractivity contribution < 1.29 is 9.72 Å². The second-order valence-corrected chi connectivity index (χ2v) is 3.68. The maximum Gasteiger partial charge on any atom is 0.302 e. The molecule has 0 radical (unpaired) electrons. The second-order valence-electron chi connectivity index (χ2n) is 3.68. The lowest BCUT2D eigenvalue weighted by Gasteiger charge is -2.21. The highest BCUT2D eigenvalue weighted by Gasteiger charge is 2.39. The molecule has 0 aromatic rings. The minimum absolute atomic E-state index is 0.0478. The Balaban J connectivity index is 4.69. The standard InChI is InChI=1S/C8H12N2O3/c1-6(11)4-8(2,3)7(5-9)10(12)13/h7H,4H2,1-3H3. The van der Waals surface area contributed by atoms with Crippen molar-refractivity contribution in [2.24, 2.45) is 5.41 Å². The molecule has 13 heavy (non-hydrogen) atoms. The predicted octanol–water partition coefficient (Wildman–Crippen LogP) is 1.16. The summed E-state index contributed by atoms with van der Waals surface area (Å²) >= 11 is 0. The molecule has 0 aliphatic heterocycles. The van der Waals surface area contributed by atoms with Crippen LogP contribution in [0.15, 0.2) is 0 Å². The van der Waals surface area contributed by atoms with Crippen molar-refractivity contribution in [3.63, 3.8) is 0 Å². The van der Waals surface area contributed by atoms with Crippen LogP contribution in [-0.4, -0.2) is 16.7 Å². The van der Waals surface area contributed by atoms with Gasteiger partial charge in [0.1, 0.15) is 11.9 Å². The molecule has 0 aromatic heterocycles. The fourth-order valence-electron chi connectivity index (χ4n) is 1.25. The summed E-state index contributed by atoms with van der Waals surface area (Å²) < 4.78 is 0. The van der Waals surface area contributed by atoms with Crippen LogP contribution in [0, 0.1) is 26.9 Å². The number of nitrogens with zero attached hydrogens (tertiary/aromatic N) is 2. The van der Waals surface area contributed by atoms with Gasteiger partial charge in [-0.15, -0.1) is 0 Å². The summed E-state index contributed by atoms with van der Waals surface area (Å²) in [6.45, 7) is 4.45. The summed E-state index contributed by atoms with van der Waals surface area (Å²) in [5.41, 5.74) is -0.899. The molecule has 1 unspecified atom stereocenters. The highest BCUT2D eigenvalue weighted by molar-refractivity contribution is 5.76. The molecule has 0 heterocycles. The first kappa shape index (κ1) is 11.6. The van der Waals surface area contributed by atoms with Gasteiger partial charge in [0.25, 0.3) is 0 Å². The summed E-state index contributed by atoms with van der Waals surface area (Å²) in [6, 6.07) is 0.273. The third-order valence-electron chi connectivity index (χ3n) is 1.78. The number of carbonyl (C=O) groups is 1. The van der Waals surface area contributed by atoms with Crippen LogP contribution in [0.1, 0.15) is 27.2 Å². The quantitative estimate of drug-likeness (QED) is 0.484. The Morgan fingerprint density at radius 1 is 1.69 bits per heavy atom. The fourth-order valence-corrected chi connectivity index (χ4v) is 1.25. The van der Waals surface area contributed by atoms with Gasteiger partial charge in [0, 0.05) is 11.3 Å². The van der Waals surface area contributed by atoms with Gasteiger partial charge in [0.05, 0.1) is 5.41 Å². The zero-order chi connectivity index (χ0) is 10.6. The van der Waals surface area contributed by atoms with Crippen molar-refractivity contribution in [3.8, 4) is 6.07 Å². The Kier molecular flexibility index (Phi) is 3.54. The number of Topliss-reactive ketones (excluding diaryl/α,β-unsaturated/α-hetero) is 1. The first-order chi connectivity index (χ1) is 5.81. The molecule has 5 nitrogen and oxygen atoms in total. The van der Waals surface area contributed by atoms with E-state index in [2.05, 4.69) is 0 Å². The van der Waals surface area contributed by atoms with E-state index in [1.54, 1.807) is 19.9 Å². The van der Waals surface area contributed by atoms with Crippen LogP contribution >= 0.6 is 0 Å². The van der Waals surface area contributed by atoms with Crippen LogP contribution in [0.4, 0.5) is 0 Å². The minimum Gasteiger partial charge on any atom is -0.300 e.